The predicted molar refractivity (Wildman–Crippen MR) is 124 cm³/mol. The molecule has 0 spiro atoms. The fraction of sp³-hybridized carbons (Fsp3) is 0.350. The summed E-state index contributed by atoms with van der Waals surface area (Å²) in [4.78, 5) is 31.0. The van der Waals surface area contributed by atoms with E-state index in [0.717, 1.165) is 21.2 Å². The van der Waals surface area contributed by atoms with Crippen molar-refractivity contribution >= 4 is 33.1 Å². The summed E-state index contributed by atoms with van der Waals surface area (Å²) in [5.41, 5.74) is 12.4. The number of H-pyrrole nitrogens is 1. The second-order valence-corrected chi connectivity index (χ2v) is 8.75. The summed E-state index contributed by atoms with van der Waals surface area (Å²) in [5, 5.41) is 21.5. The zero-order chi connectivity index (χ0) is 26.6. The van der Waals surface area contributed by atoms with Crippen LogP contribution < -0.4 is 17.2 Å². The van der Waals surface area contributed by atoms with E-state index < -0.39 is 52.6 Å². The number of nitrogens with one attached hydrogen (secondary N) is 1. The number of ether oxygens (including phenoxy) is 2. The number of carbonyl (C=O) groups excluding carboxylic acids is 1. The van der Waals surface area contributed by atoms with Crippen LogP contribution in [-0.4, -0.2) is 79.2 Å². The van der Waals surface area contributed by atoms with Gasteiger partial charge in [-0.1, -0.05) is 18.2 Å². The predicted octanol–water partition coefficient (Wildman–Crippen LogP) is -1.61. The number of esters is 1. The van der Waals surface area contributed by atoms with Gasteiger partial charge in [0.1, 0.15) is 36.8 Å². The van der Waals surface area contributed by atoms with Gasteiger partial charge in [-0.05, 0) is 23.6 Å². The van der Waals surface area contributed by atoms with Crippen molar-refractivity contribution < 1.29 is 42.0 Å². The number of carbonyl (C=O) groups is 1. The topological polar surface area (TPSA) is 253 Å². The molecule has 1 aliphatic rings. The third-order valence-corrected chi connectivity index (χ3v) is 5.18. The van der Waals surface area contributed by atoms with Crippen LogP contribution in [0.1, 0.15) is 11.9 Å². The standard InChI is InChI=1S/C20H23N5O6.H2O4S/c21-12(8-11-7-10-3-1-2-4-13(10)23-11)19(28)30-9-14-16(26)17(27)18(31-14)25-6-5-15(22)24-20(25)29;1-5(2,3)4/h1-7,12,14,16-18,23,26-27H,8-9,21H2,(H2,22,24,29);(H2,1,2,3,4)/t12-,14-,16-,17+,18-;/m1./s1. The van der Waals surface area contributed by atoms with Crippen molar-refractivity contribution in [1.29, 1.82) is 0 Å². The molecule has 1 fully saturated rings. The lowest BCUT2D eigenvalue weighted by atomic mass is 10.1. The first-order valence-corrected chi connectivity index (χ1v) is 11.8. The first kappa shape index (κ1) is 27.2. The number of hydrogen-bond donors (Lipinski definition) is 7. The second-order valence-electron chi connectivity index (χ2n) is 7.86. The molecule has 3 aromatic rings. The van der Waals surface area contributed by atoms with E-state index in [9.17, 15) is 19.8 Å². The van der Waals surface area contributed by atoms with Crippen molar-refractivity contribution in [3.05, 3.63) is 58.8 Å². The molecule has 16 heteroatoms. The molecule has 9 N–H and O–H groups in total. The quantitative estimate of drug-likeness (QED) is 0.141. The van der Waals surface area contributed by atoms with Crippen LogP contribution in [0.5, 0.6) is 0 Å². The summed E-state index contributed by atoms with van der Waals surface area (Å²) in [6.45, 7) is -0.342. The zero-order valence-corrected chi connectivity index (χ0v) is 19.4. The third-order valence-electron chi connectivity index (χ3n) is 5.18. The van der Waals surface area contributed by atoms with Crippen molar-refractivity contribution in [2.45, 2.75) is 37.0 Å². The first-order valence-electron chi connectivity index (χ1n) is 10.4. The Kier molecular flexibility index (Phi) is 8.41. The van der Waals surface area contributed by atoms with Crippen molar-refractivity contribution in [1.82, 2.24) is 14.5 Å². The smallest absolute Gasteiger partial charge is 0.394 e. The molecule has 0 saturated carbocycles. The van der Waals surface area contributed by atoms with E-state index in [0.29, 0.717) is 0 Å². The summed E-state index contributed by atoms with van der Waals surface area (Å²) < 4.78 is 43.3. The Balaban J connectivity index is 0.000000658. The SMILES string of the molecule is Nc1ccn([C@@H]2O[C@H](COC(=O)[C@H](N)Cc3cc4ccccc4[nH]3)[C@@H](O)[C@@H]2O)c(=O)n1.O=S(=O)(O)O. The van der Waals surface area contributed by atoms with Crippen LogP contribution >= 0.6 is 0 Å². The van der Waals surface area contributed by atoms with Gasteiger partial charge in [-0.25, -0.2) is 4.79 Å². The number of anilines is 1. The van der Waals surface area contributed by atoms with Crippen LogP contribution in [-0.2, 0) is 31.1 Å². The van der Waals surface area contributed by atoms with E-state index in [-0.39, 0.29) is 18.8 Å². The average Bonchev–Trinajstić information content (AvgIpc) is 3.31. The van der Waals surface area contributed by atoms with E-state index in [1.165, 1.54) is 12.3 Å². The molecule has 5 atom stereocenters. The van der Waals surface area contributed by atoms with Crippen molar-refractivity contribution in [2.24, 2.45) is 5.73 Å². The van der Waals surface area contributed by atoms with Gasteiger partial charge in [-0.15, -0.1) is 0 Å². The molecule has 4 rings (SSSR count). The number of aliphatic hydroxyl groups excluding tert-OH is 2. The number of para-hydroxylation sites is 1. The fourth-order valence-electron chi connectivity index (χ4n) is 3.55. The van der Waals surface area contributed by atoms with Gasteiger partial charge in [0.15, 0.2) is 6.23 Å². The van der Waals surface area contributed by atoms with E-state index >= 15 is 0 Å². The average molecular weight is 528 g/mol. The number of nitrogens with zero attached hydrogens (tertiary/aromatic N) is 2. The minimum atomic E-state index is -4.67. The molecule has 0 unspecified atom stereocenters. The minimum absolute atomic E-state index is 0.0173. The molecule has 0 bridgehead atoms. The molecule has 2 aromatic heterocycles. The Bertz CT molecular complexity index is 1330. The number of benzene rings is 1. The summed E-state index contributed by atoms with van der Waals surface area (Å²) in [5.74, 6) is -0.664. The number of hydrogen-bond acceptors (Lipinski definition) is 11. The highest BCUT2D eigenvalue weighted by molar-refractivity contribution is 7.79. The lowest BCUT2D eigenvalue weighted by Crippen LogP contribution is -2.39. The highest BCUT2D eigenvalue weighted by Gasteiger charge is 2.44. The first-order chi connectivity index (χ1) is 16.8. The van der Waals surface area contributed by atoms with Gasteiger partial charge in [0.2, 0.25) is 0 Å². The summed E-state index contributed by atoms with van der Waals surface area (Å²) in [7, 11) is -4.67. The van der Waals surface area contributed by atoms with E-state index in [1.807, 2.05) is 30.3 Å². The summed E-state index contributed by atoms with van der Waals surface area (Å²) >= 11 is 0. The Labute approximate surface area is 203 Å². The highest BCUT2D eigenvalue weighted by atomic mass is 32.3. The van der Waals surface area contributed by atoms with Crippen LogP contribution in [0.15, 0.2) is 47.4 Å². The zero-order valence-electron chi connectivity index (χ0n) is 18.5. The number of rotatable bonds is 6. The second kappa shape index (κ2) is 11.1. The van der Waals surface area contributed by atoms with Gasteiger partial charge in [0, 0.05) is 23.8 Å². The monoisotopic (exact) mass is 527 g/mol. The Hall–Kier alpha value is -3.38. The normalized spacial score (nSPS) is 22.6. The lowest BCUT2D eigenvalue weighted by molar-refractivity contribution is -0.151. The Morgan fingerprint density at radius 3 is 2.53 bits per heavy atom. The van der Waals surface area contributed by atoms with Crippen LogP contribution in [0.2, 0.25) is 0 Å². The molecule has 3 heterocycles. The van der Waals surface area contributed by atoms with Gasteiger partial charge >= 0.3 is 22.1 Å². The van der Waals surface area contributed by atoms with Crippen molar-refractivity contribution in [3.63, 3.8) is 0 Å². The number of nitrogen functional groups attached to an aromatic ring is 1. The maximum absolute atomic E-state index is 12.3. The largest absolute Gasteiger partial charge is 0.462 e. The molecule has 36 heavy (non-hydrogen) atoms. The Morgan fingerprint density at radius 1 is 1.22 bits per heavy atom. The van der Waals surface area contributed by atoms with Gasteiger partial charge in [-0.3, -0.25) is 18.5 Å². The van der Waals surface area contributed by atoms with Crippen LogP contribution in [0.25, 0.3) is 10.9 Å². The number of aromatic amines is 1. The number of nitrogens with two attached hydrogens (primary N) is 2. The molecule has 1 saturated heterocycles. The highest BCUT2D eigenvalue weighted by Crippen LogP contribution is 2.28. The maximum atomic E-state index is 12.3. The molecular formula is C20H25N5O10S. The Morgan fingerprint density at radius 2 is 1.89 bits per heavy atom. The third kappa shape index (κ3) is 7.08. The molecule has 0 radical (unpaired) electrons. The van der Waals surface area contributed by atoms with Gasteiger partial charge in [0.05, 0.1) is 0 Å². The lowest BCUT2D eigenvalue weighted by Gasteiger charge is -2.17. The summed E-state index contributed by atoms with van der Waals surface area (Å²) in [6.07, 6.45) is -3.51. The number of aliphatic hydroxyl groups is 2. The summed E-state index contributed by atoms with van der Waals surface area (Å²) in [6, 6.07) is 10.0. The van der Waals surface area contributed by atoms with Gasteiger partial charge in [-0.2, -0.15) is 13.4 Å². The number of fused-ring (bicyclic) bond motifs is 1. The molecule has 196 valence electrons. The molecule has 1 aromatic carbocycles. The number of aromatic nitrogens is 3. The van der Waals surface area contributed by atoms with Crippen molar-refractivity contribution in [2.75, 3.05) is 12.3 Å². The molecule has 0 aliphatic carbocycles. The molecule has 15 nitrogen and oxygen atoms in total. The van der Waals surface area contributed by atoms with Gasteiger partial charge in [0.25, 0.3) is 0 Å². The van der Waals surface area contributed by atoms with E-state index in [2.05, 4.69) is 9.97 Å². The minimum Gasteiger partial charge on any atom is -0.462 e. The van der Waals surface area contributed by atoms with E-state index in [1.54, 1.807) is 0 Å². The van der Waals surface area contributed by atoms with Crippen molar-refractivity contribution in [3.8, 4) is 0 Å². The molecular weight excluding hydrogens is 502 g/mol. The van der Waals surface area contributed by atoms with Crippen LogP contribution in [0, 0.1) is 0 Å². The van der Waals surface area contributed by atoms with Gasteiger partial charge < -0.3 is 36.1 Å². The maximum Gasteiger partial charge on any atom is 0.394 e. The fourth-order valence-corrected chi connectivity index (χ4v) is 3.55. The van der Waals surface area contributed by atoms with E-state index in [4.69, 9.17) is 38.5 Å². The molecule has 1 aliphatic heterocycles. The molecule has 0 amide bonds. The van der Waals surface area contributed by atoms with Crippen LogP contribution in [0.4, 0.5) is 5.82 Å². The van der Waals surface area contributed by atoms with Crippen LogP contribution in [0.3, 0.4) is 0 Å².